The average Bonchev–Trinajstić information content (AvgIpc) is 2.45. The van der Waals surface area contributed by atoms with Gasteiger partial charge in [-0.2, -0.15) is 0 Å². The number of carbonyl (C=O) groups excluding carboxylic acids is 1. The molecule has 20 heavy (non-hydrogen) atoms. The van der Waals surface area contributed by atoms with E-state index in [9.17, 15) is 4.79 Å². The van der Waals surface area contributed by atoms with Gasteiger partial charge in [0.25, 0.3) is 0 Å². The fraction of sp³-hybridized carbons (Fsp3) is 0.500. The SMILES string of the molecule is COC(=O)c1ccc(N)c(OCC2CN(C)CCO2)c1. The fourth-order valence-corrected chi connectivity index (χ4v) is 2.05. The van der Waals surface area contributed by atoms with Gasteiger partial charge < -0.3 is 24.8 Å². The van der Waals surface area contributed by atoms with Crippen LogP contribution in [0.2, 0.25) is 0 Å². The molecule has 1 heterocycles. The van der Waals surface area contributed by atoms with Gasteiger partial charge in [0.05, 0.1) is 25.0 Å². The van der Waals surface area contributed by atoms with Crippen LogP contribution >= 0.6 is 0 Å². The number of carbonyl (C=O) groups is 1. The number of rotatable bonds is 4. The molecular formula is C14H20N2O4. The lowest BCUT2D eigenvalue weighted by molar-refractivity contribution is -0.0402. The molecule has 6 nitrogen and oxygen atoms in total. The highest BCUT2D eigenvalue weighted by molar-refractivity contribution is 5.90. The minimum absolute atomic E-state index is 0.00920. The molecule has 0 bridgehead atoms. The molecule has 1 fully saturated rings. The molecule has 2 N–H and O–H groups in total. The van der Waals surface area contributed by atoms with Gasteiger partial charge in [-0.15, -0.1) is 0 Å². The predicted molar refractivity (Wildman–Crippen MR) is 74.9 cm³/mol. The van der Waals surface area contributed by atoms with Gasteiger partial charge in [-0.05, 0) is 25.2 Å². The number of benzene rings is 1. The summed E-state index contributed by atoms with van der Waals surface area (Å²) in [5.41, 5.74) is 6.75. The highest BCUT2D eigenvalue weighted by Gasteiger charge is 2.19. The van der Waals surface area contributed by atoms with Crippen molar-refractivity contribution in [2.45, 2.75) is 6.10 Å². The van der Waals surface area contributed by atoms with Crippen LogP contribution in [0.4, 0.5) is 5.69 Å². The van der Waals surface area contributed by atoms with E-state index >= 15 is 0 Å². The molecule has 1 atom stereocenters. The summed E-state index contributed by atoms with van der Waals surface area (Å²) in [5, 5.41) is 0. The average molecular weight is 280 g/mol. The molecule has 1 aliphatic rings. The molecule has 0 spiro atoms. The molecule has 1 aliphatic heterocycles. The first-order chi connectivity index (χ1) is 9.60. The molecular weight excluding hydrogens is 260 g/mol. The van der Waals surface area contributed by atoms with E-state index in [4.69, 9.17) is 15.2 Å². The Morgan fingerprint density at radius 2 is 2.35 bits per heavy atom. The summed E-state index contributed by atoms with van der Waals surface area (Å²) in [5.74, 6) is 0.0632. The first-order valence-corrected chi connectivity index (χ1v) is 6.51. The van der Waals surface area contributed by atoms with Gasteiger partial charge in [-0.3, -0.25) is 0 Å². The number of hydrogen-bond donors (Lipinski definition) is 1. The Bertz CT molecular complexity index is 478. The summed E-state index contributed by atoms with van der Waals surface area (Å²) < 4.78 is 16.0. The van der Waals surface area contributed by atoms with Crippen molar-refractivity contribution in [1.82, 2.24) is 4.90 Å². The van der Waals surface area contributed by atoms with Crippen molar-refractivity contribution in [2.75, 3.05) is 46.2 Å². The Morgan fingerprint density at radius 3 is 3.05 bits per heavy atom. The Kier molecular flexibility index (Phi) is 4.81. The smallest absolute Gasteiger partial charge is 0.337 e. The third-order valence-corrected chi connectivity index (χ3v) is 3.20. The van der Waals surface area contributed by atoms with Crippen molar-refractivity contribution < 1.29 is 19.0 Å². The lowest BCUT2D eigenvalue weighted by atomic mass is 10.2. The lowest BCUT2D eigenvalue weighted by Gasteiger charge is -2.29. The van der Waals surface area contributed by atoms with E-state index in [0.29, 0.717) is 30.2 Å². The van der Waals surface area contributed by atoms with E-state index in [1.54, 1.807) is 18.2 Å². The third-order valence-electron chi connectivity index (χ3n) is 3.20. The Morgan fingerprint density at radius 1 is 1.55 bits per heavy atom. The van der Waals surface area contributed by atoms with Gasteiger partial charge in [0.15, 0.2) is 0 Å². The molecule has 0 aliphatic carbocycles. The molecule has 6 heteroatoms. The van der Waals surface area contributed by atoms with Crippen molar-refractivity contribution >= 4 is 11.7 Å². The van der Waals surface area contributed by atoms with Gasteiger partial charge in [0, 0.05) is 13.1 Å². The lowest BCUT2D eigenvalue weighted by Crippen LogP contribution is -2.42. The largest absolute Gasteiger partial charge is 0.489 e. The van der Waals surface area contributed by atoms with E-state index in [1.807, 2.05) is 7.05 Å². The Balaban J connectivity index is 1.99. The molecule has 0 amide bonds. The summed E-state index contributed by atoms with van der Waals surface area (Å²) in [6.45, 7) is 2.84. The second-order valence-electron chi connectivity index (χ2n) is 4.81. The minimum atomic E-state index is -0.413. The Hall–Kier alpha value is -1.79. The predicted octanol–water partition coefficient (Wildman–Crippen LogP) is 0.765. The van der Waals surface area contributed by atoms with Crippen LogP contribution in [0.5, 0.6) is 5.75 Å². The Labute approximate surface area is 118 Å². The number of methoxy groups -OCH3 is 1. The summed E-state index contributed by atoms with van der Waals surface area (Å²) in [7, 11) is 3.38. The van der Waals surface area contributed by atoms with Crippen LogP contribution < -0.4 is 10.5 Å². The summed E-state index contributed by atoms with van der Waals surface area (Å²) in [6.07, 6.45) is 0.00920. The zero-order valence-corrected chi connectivity index (χ0v) is 11.8. The molecule has 2 rings (SSSR count). The maximum atomic E-state index is 11.5. The van der Waals surface area contributed by atoms with E-state index < -0.39 is 5.97 Å². The van der Waals surface area contributed by atoms with Crippen molar-refractivity contribution in [1.29, 1.82) is 0 Å². The topological polar surface area (TPSA) is 74.0 Å². The minimum Gasteiger partial charge on any atom is -0.489 e. The third kappa shape index (κ3) is 3.61. The van der Waals surface area contributed by atoms with Crippen LogP contribution in [0.3, 0.4) is 0 Å². The van der Waals surface area contributed by atoms with E-state index in [2.05, 4.69) is 9.64 Å². The number of anilines is 1. The van der Waals surface area contributed by atoms with Crippen molar-refractivity contribution in [3.8, 4) is 5.75 Å². The number of nitrogen functional groups attached to an aromatic ring is 1. The number of esters is 1. The fourth-order valence-electron chi connectivity index (χ4n) is 2.05. The molecule has 0 radical (unpaired) electrons. The van der Waals surface area contributed by atoms with E-state index in [1.165, 1.54) is 7.11 Å². The number of hydrogen-bond acceptors (Lipinski definition) is 6. The highest BCUT2D eigenvalue weighted by Crippen LogP contribution is 2.23. The van der Waals surface area contributed by atoms with Crippen LogP contribution in [0, 0.1) is 0 Å². The summed E-state index contributed by atoms with van der Waals surface area (Å²) in [4.78, 5) is 13.7. The number of nitrogens with zero attached hydrogens (tertiary/aromatic N) is 1. The number of likely N-dealkylation sites (N-methyl/N-ethyl adjacent to an activating group) is 1. The quantitative estimate of drug-likeness (QED) is 0.648. The maximum Gasteiger partial charge on any atom is 0.337 e. The van der Waals surface area contributed by atoms with E-state index in [0.717, 1.165) is 13.1 Å². The molecule has 1 unspecified atom stereocenters. The van der Waals surface area contributed by atoms with Crippen LogP contribution in [-0.4, -0.2) is 57.4 Å². The zero-order chi connectivity index (χ0) is 14.5. The second kappa shape index (κ2) is 6.58. The van der Waals surface area contributed by atoms with Crippen LogP contribution in [-0.2, 0) is 9.47 Å². The van der Waals surface area contributed by atoms with Gasteiger partial charge in [0.1, 0.15) is 18.5 Å². The van der Waals surface area contributed by atoms with Crippen LogP contribution in [0.25, 0.3) is 0 Å². The molecule has 1 aromatic carbocycles. The van der Waals surface area contributed by atoms with Gasteiger partial charge >= 0.3 is 5.97 Å². The maximum absolute atomic E-state index is 11.5. The first-order valence-electron chi connectivity index (χ1n) is 6.51. The highest BCUT2D eigenvalue weighted by atomic mass is 16.5. The number of ether oxygens (including phenoxy) is 3. The van der Waals surface area contributed by atoms with Crippen LogP contribution in [0.15, 0.2) is 18.2 Å². The van der Waals surface area contributed by atoms with Crippen LogP contribution in [0.1, 0.15) is 10.4 Å². The molecule has 1 aromatic rings. The summed E-state index contributed by atoms with van der Waals surface area (Å²) in [6, 6.07) is 4.84. The van der Waals surface area contributed by atoms with Gasteiger partial charge in [0.2, 0.25) is 0 Å². The monoisotopic (exact) mass is 280 g/mol. The van der Waals surface area contributed by atoms with Crippen molar-refractivity contribution in [2.24, 2.45) is 0 Å². The van der Waals surface area contributed by atoms with Crippen molar-refractivity contribution in [3.05, 3.63) is 23.8 Å². The van der Waals surface area contributed by atoms with Gasteiger partial charge in [-0.25, -0.2) is 4.79 Å². The normalized spacial score (nSPS) is 19.6. The molecule has 0 saturated carbocycles. The number of nitrogens with two attached hydrogens (primary N) is 1. The van der Waals surface area contributed by atoms with Crippen molar-refractivity contribution in [3.63, 3.8) is 0 Å². The van der Waals surface area contributed by atoms with Gasteiger partial charge in [-0.1, -0.05) is 0 Å². The van der Waals surface area contributed by atoms with E-state index in [-0.39, 0.29) is 6.10 Å². The number of morpholine rings is 1. The molecule has 110 valence electrons. The molecule has 1 saturated heterocycles. The first kappa shape index (κ1) is 14.6. The zero-order valence-electron chi connectivity index (χ0n) is 11.8. The standard InChI is InChI=1S/C14H20N2O4/c1-16-5-6-19-11(8-16)9-20-13-7-10(14(17)18-2)3-4-12(13)15/h3-4,7,11H,5-6,8-9,15H2,1-2H3. The molecule has 0 aromatic heterocycles. The second-order valence-corrected chi connectivity index (χ2v) is 4.81. The summed E-state index contributed by atoms with van der Waals surface area (Å²) >= 11 is 0.